The average Bonchev–Trinajstić information content (AvgIpc) is 3.22. The van der Waals surface area contributed by atoms with E-state index in [0.717, 1.165) is 24.2 Å². The lowest BCUT2D eigenvalue weighted by Crippen LogP contribution is -2.49. The average molecular weight is 406 g/mol. The van der Waals surface area contributed by atoms with Crippen molar-refractivity contribution in [2.75, 3.05) is 32.8 Å². The van der Waals surface area contributed by atoms with Crippen LogP contribution in [0.25, 0.3) is 11.4 Å². The number of benzene rings is 2. The molecule has 0 N–H and O–H groups in total. The Labute approximate surface area is 176 Å². The molecule has 3 aromatic rings. The minimum absolute atomic E-state index is 0.00896. The molecule has 2 aromatic carbocycles. The van der Waals surface area contributed by atoms with Gasteiger partial charge in [0, 0.05) is 31.7 Å². The molecule has 0 unspecified atom stereocenters. The van der Waals surface area contributed by atoms with Gasteiger partial charge in [0.25, 0.3) is 5.91 Å². The van der Waals surface area contributed by atoms with Gasteiger partial charge in [0.05, 0.1) is 6.54 Å². The molecule has 0 spiro atoms. The van der Waals surface area contributed by atoms with Crippen LogP contribution in [0.3, 0.4) is 0 Å². The van der Waals surface area contributed by atoms with Crippen LogP contribution in [-0.4, -0.2) is 58.6 Å². The van der Waals surface area contributed by atoms with Crippen LogP contribution >= 0.6 is 0 Å². The van der Waals surface area contributed by atoms with Crippen LogP contribution in [-0.2, 0) is 11.3 Å². The summed E-state index contributed by atoms with van der Waals surface area (Å²) < 4.78 is 11.0. The number of rotatable bonds is 6. The Morgan fingerprint density at radius 1 is 0.967 bits per heavy atom. The number of hydrogen-bond donors (Lipinski definition) is 0. The summed E-state index contributed by atoms with van der Waals surface area (Å²) >= 11 is 0. The zero-order valence-electron chi connectivity index (χ0n) is 17.4. The second kappa shape index (κ2) is 9.09. The van der Waals surface area contributed by atoms with Gasteiger partial charge in [-0.15, -0.1) is 0 Å². The Morgan fingerprint density at radius 3 is 2.27 bits per heavy atom. The molecule has 7 heteroatoms. The predicted molar refractivity (Wildman–Crippen MR) is 113 cm³/mol. The summed E-state index contributed by atoms with van der Waals surface area (Å²) in [5.41, 5.74) is 3.30. The Kier molecular flexibility index (Phi) is 6.09. The fourth-order valence-corrected chi connectivity index (χ4v) is 3.36. The molecule has 30 heavy (non-hydrogen) atoms. The van der Waals surface area contributed by atoms with Crippen molar-refractivity contribution in [2.24, 2.45) is 0 Å². The summed E-state index contributed by atoms with van der Waals surface area (Å²) in [5, 5.41) is 4.09. The Balaban J connectivity index is 1.24. The van der Waals surface area contributed by atoms with E-state index in [4.69, 9.17) is 9.26 Å². The van der Waals surface area contributed by atoms with Gasteiger partial charge in [0.15, 0.2) is 6.61 Å². The van der Waals surface area contributed by atoms with Gasteiger partial charge in [-0.05, 0) is 26.0 Å². The number of aromatic nitrogens is 2. The van der Waals surface area contributed by atoms with Crippen molar-refractivity contribution in [3.05, 3.63) is 65.5 Å². The Hall–Kier alpha value is -3.19. The van der Waals surface area contributed by atoms with Gasteiger partial charge in [0.1, 0.15) is 5.75 Å². The number of nitrogens with zero attached hydrogens (tertiary/aromatic N) is 4. The van der Waals surface area contributed by atoms with Gasteiger partial charge in [-0.2, -0.15) is 4.98 Å². The van der Waals surface area contributed by atoms with Crippen LogP contribution in [0.2, 0.25) is 0 Å². The standard InChI is InChI=1S/C23H26N4O3/c1-17-3-7-19(8-4-17)23-24-21(30-25-23)15-26-11-13-27(14-12-26)22(28)16-29-20-9-5-18(2)6-10-20/h3-10H,11-16H2,1-2H3. The zero-order chi connectivity index (χ0) is 20.9. The molecule has 1 aliphatic heterocycles. The molecule has 1 saturated heterocycles. The lowest BCUT2D eigenvalue weighted by Gasteiger charge is -2.33. The van der Waals surface area contributed by atoms with Crippen LogP contribution in [0.15, 0.2) is 53.1 Å². The maximum absolute atomic E-state index is 12.4. The highest BCUT2D eigenvalue weighted by Gasteiger charge is 2.23. The Bertz CT molecular complexity index is 974. The highest BCUT2D eigenvalue weighted by atomic mass is 16.5. The van der Waals surface area contributed by atoms with Crippen LogP contribution in [0.5, 0.6) is 5.75 Å². The van der Waals surface area contributed by atoms with Crippen LogP contribution < -0.4 is 4.74 Å². The molecular weight excluding hydrogens is 380 g/mol. The number of aryl methyl sites for hydroxylation is 2. The van der Waals surface area contributed by atoms with Gasteiger partial charge < -0.3 is 14.2 Å². The van der Waals surface area contributed by atoms with Crippen molar-refractivity contribution in [1.29, 1.82) is 0 Å². The fraction of sp³-hybridized carbons (Fsp3) is 0.348. The fourth-order valence-electron chi connectivity index (χ4n) is 3.36. The highest BCUT2D eigenvalue weighted by Crippen LogP contribution is 2.17. The van der Waals surface area contributed by atoms with Crippen molar-refractivity contribution in [1.82, 2.24) is 19.9 Å². The highest BCUT2D eigenvalue weighted by molar-refractivity contribution is 5.77. The second-order valence-corrected chi connectivity index (χ2v) is 7.64. The van der Waals surface area contributed by atoms with Crippen molar-refractivity contribution in [2.45, 2.75) is 20.4 Å². The van der Waals surface area contributed by atoms with E-state index in [9.17, 15) is 4.79 Å². The first-order valence-electron chi connectivity index (χ1n) is 10.2. The number of carbonyl (C=O) groups excluding carboxylic acids is 1. The summed E-state index contributed by atoms with van der Waals surface area (Å²) in [7, 11) is 0. The molecule has 0 saturated carbocycles. The van der Waals surface area contributed by atoms with E-state index in [1.165, 1.54) is 5.56 Å². The molecule has 156 valence electrons. The van der Waals surface area contributed by atoms with E-state index in [2.05, 4.69) is 15.0 Å². The van der Waals surface area contributed by atoms with Crippen molar-refractivity contribution in [3.8, 4) is 17.1 Å². The first-order valence-corrected chi connectivity index (χ1v) is 10.2. The van der Waals surface area contributed by atoms with Gasteiger partial charge in [-0.3, -0.25) is 9.69 Å². The number of ether oxygens (including phenoxy) is 1. The maximum atomic E-state index is 12.4. The van der Waals surface area contributed by atoms with E-state index >= 15 is 0 Å². The number of piperazine rings is 1. The third-order valence-corrected chi connectivity index (χ3v) is 5.25. The molecule has 1 aliphatic rings. The minimum atomic E-state index is 0.00896. The SMILES string of the molecule is Cc1ccc(OCC(=O)N2CCN(Cc3nc(-c4ccc(C)cc4)no3)CC2)cc1. The molecule has 0 atom stereocenters. The quantitative estimate of drug-likeness (QED) is 0.627. The lowest BCUT2D eigenvalue weighted by molar-refractivity contribution is -0.135. The summed E-state index contributed by atoms with van der Waals surface area (Å²) in [5.74, 6) is 1.92. The van der Waals surface area contributed by atoms with E-state index in [1.54, 1.807) is 0 Å². The largest absolute Gasteiger partial charge is 0.484 e. The Morgan fingerprint density at radius 2 is 1.60 bits per heavy atom. The summed E-state index contributed by atoms with van der Waals surface area (Å²) in [4.78, 5) is 21.0. The predicted octanol–water partition coefficient (Wildman–Crippen LogP) is 3.08. The van der Waals surface area contributed by atoms with E-state index in [-0.39, 0.29) is 12.5 Å². The first-order chi connectivity index (χ1) is 14.6. The van der Waals surface area contributed by atoms with Gasteiger partial charge >= 0.3 is 0 Å². The molecule has 7 nitrogen and oxygen atoms in total. The normalized spacial score (nSPS) is 14.7. The van der Waals surface area contributed by atoms with Gasteiger partial charge in [-0.1, -0.05) is 52.7 Å². The number of carbonyl (C=O) groups is 1. The molecule has 2 heterocycles. The van der Waals surface area contributed by atoms with E-state index in [0.29, 0.717) is 37.1 Å². The second-order valence-electron chi connectivity index (χ2n) is 7.64. The molecule has 0 radical (unpaired) electrons. The minimum Gasteiger partial charge on any atom is -0.484 e. The van der Waals surface area contributed by atoms with Gasteiger partial charge in [-0.25, -0.2) is 0 Å². The molecular formula is C23H26N4O3. The molecule has 4 rings (SSSR count). The lowest BCUT2D eigenvalue weighted by atomic mass is 10.1. The van der Waals surface area contributed by atoms with Gasteiger partial charge in [0.2, 0.25) is 11.7 Å². The summed E-state index contributed by atoms with van der Waals surface area (Å²) in [6.07, 6.45) is 0. The number of amides is 1. The maximum Gasteiger partial charge on any atom is 0.260 e. The molecule has 0 aliphatic carbocycles. The van der Waals surface area contributed by atoms with Crippen molar-refractivity contribution < 1.29 is 14.1 Å². The molecule has 1 amide bonds. The van der Waals surface area contributed by atoms with Crippen LogP contribution in [0, 0.1) is 13.8 Å². The topological polar surface area (TPSA) is 71.7 Å². The van der Waals surface area contributed by atoms with Crippen LogP contribution in [0.1, 0.15) is 17.0 Å². The van der Waals surface area contributed by atoms with Crippen molar-refractivity contribution in [3.63, 3.8) is 0 Å². The molecule has 0 bridgehead atoms. The molecule has 1 fully saturated rings. The monoisotopic (exact) mass is 406 g/mol. The van der Waals surface area contributed by atoms with E-state index in [1.807, 2.05) is 67.3 Å². The van der Waals surface area contributed by atoms with E-state index < -0.39 is 0 Å². The zero-order valence-corrected chi connectivity index (χ0v) is 17.4. The summed E-state index contributed by atoms with van der Waals surface area (Å²) in [6.45, 7) is 7.56. The molecule has 1 aromatic heterocycles. The van der Waals surface area contributed by atoms with Crippen LogP contribution in [0.4, 0.5) is 0 Å². The third-order valence-electron chi connectivity index (χ3n) is 5.25. The number of hydrogen-bond acceptors (Lipinski definition) is 6. The summed E-state index contributed by atoms with van der Waals surface area (Å²) in [6, 6.07) is 15.8. The van der Waals surface area contributed by atoms with Crippen molar-refractivity contribution >= 4 is 5.91 Å². The third kappa shape index (κ3) is 5.04. The smallest absolute Gasteiger partial charge is 0.260 e. The first kappa shape index (κ1) is 20.1.